The molecule has 10 aromatic carbocycles. The van der Waals surface area contributed by atoms with Gasteiger partial charge in [-0.05, 0) is 345 Å². The molecule has 0 aliphatic carbocycles. The molecule has 0 radical (unpaired) electrons. The molecule has 0 aliphatic heterocycles. The predicted octanol–water partition coefficient (Wildman–Crippen LogP) is 29.7. The number of hydrogen-bond acceptors (Lipinski definition) is 20. The molecule has 0 bridgehead atoms. The van der Waals surface area contributed by atoms with Crippen molar-refractivity contribution in [3.63, 3.8) is 0 Å². The van der Waals surface area contributed by atoms with Gasteiger partial charge in [0.05, 0.1) is 83.0 Å². The molecular formula is C118H146BBrCl4N6O15. The highest BCUT2D eigenvalue weighted by molar-refractivity contribution is 9.10. The number of aryl methyl sites for hydroxylation is 7. The Bertz CT molecular complexity index is 6620. The summed E-state index contributed by atoms with van der Waals surface area (Å²) in [5.41, 5.74) is 19.0. The van der Waals surface area contributed by atoms with Crippen molar-refractivity contribution in [1.82, 2.24) is 15.0 Å². The fraction of sp³-hybridized carbons (Fsp3) is 0.356. The van der Waals surface area contributed by atoms with E-state index >= 15 is 0 Å². The van der Waals surface area contributed by atoms with Gasteiger partial charge >= 0.3 is 31.0 Å². The number of para-hydroxylation sites is 2. The van der Waals surface area contributed by atoms with E-state index in [0.29, 0.717) is 55.5 Å². The number of esters is 4. The molecule has 4 aromatic heterocycles. The van der Waals surface area contributed by atoms with Crippen LogP contribution in [0.1, 0.15) is 232 Å². The highest BCUT2D eigenvalue weighted by atomic mass is 79.9. The first-order valence-corrected chi connectivity index (χ1v) is 49.1. The van der Waals surface area contributed by atoms with Gasteiger partial charge in [0.15, 0.2) is 30.1 Å². The van der Waals surface area contributed by atoms with Crippen LogP contribution in [0.15, 0.2) is 235 Å². The number of ether oxygens (including phenoxy) is 8. The van der Waals surface area contributed by atoms with Crippen LogP contribution in [0.3, 0.4) is 0 Å². The van der Waals surface area contributed by atoms with E-state index in [4.69, 9.17) is 104 Å². The molecule has 0 spiro atoms. The number of benzene rings is 10. The van der Waals surface area contributed by atoms with Gasteiger partial charge in [0, 0.05) is 124 Å². The summed E-state index contributed by atoms with van der Waals surface area (Å²) in [4.78, 5) is 68.3. The largest absolute Gasteiger partial charge is 0.618 e. The molecule has 14 rings (SSSR count). The number of fused-ring (bicyclic) bond motifs is 4. The third-order valence-corrected chi connectivity index (χ3v) is 23.6. The van der Waals surface area contributed by atoms with Gasteiger partial charge in [-0.15, -0.1) is 0 Å². The van der Waals surface area contributed by atoms with Gasteiger partial charge in [0.1, 0.15) is 0 Å². The van der Waals surface area contributed by atoms with E-state index < -0.39 is 71.8 Å². The predicted molar refractivity (Wildman–Crippen MR) is 604 cm³/mol. The summed E-state index contributed by atoms with van der Waals surface area (Å²) in [6.45, 7) is 45.5. The number of pyridine rings is 4. The van der Waals surface area contributed by atoms with Gasteiger partial charge in [-0.3, -0.25) is 15.0 Å². The zero-order valence-electron chi connectivity index (χ0n) is 85.2. The number of nitrogens with one attached hydrogen (secondary N) is 1. The minimum atomic E-state index is -1.41. The van der Waals surface area contributed by atoms with Crippen LogP contribution in [0.4, 0.5) is 11.4 Å². The smallest absolute Gasteiger partial charge is 0.488 e. The van der Waals surface area contributed by atoms with Crippen molar-refractivity contribution in [2.24, 2.45) is 0 Å². The molecule has 14 aromatic rings. The number of halogens is 5. The Morgan fingerprint density at radius 2 is 0.710 bits per heavy atom. The summed E-state index contributed by atoms with van der Waals surface area (Å²) >= 11 is 27.7. The third-order valence-electron chi connectivity index (χ3n) is 21.8. The van der Waals surface area contributed by atoms with Crippen LogP contribution < -0.4 is 20.4 Å². The fourth-order valence-electron chi connectivity index (χ4n) is 15.7. The Morgan fingerprint density at radius 3 is 1.06 bits per heavy atom. The lowest BCUT2D eigenvalue weighted by Gasteiger charge is -2.29. The van der Waals surface area contributed by atoms with Crippen molar-refractivity contribution in [2.45, 2.75) is 242 Å². The highest BCUT2D eigenvalue weighted by Crippen LogP contribution is 2.46. The van der Waals surface area contributed by atoms with Crippen LogP contribution in [0.5, 0.6) is 0 Å². The van der Waals surface area contributed by atoms with E-state index in [-0.39, 0.29) is 55.5 Å². The van der Waals surface area contributed by atoms with Crippen molar-refractivity contribution in [3.8, 4) is 33.4 Å². The Balaban J connectivity index is 0.000000320. The van der Waals surface area contributed by atoms with Crippen LogP contribution in [0.25, 0.3) is 77.0 Å². The van der Waals surface area contributed by atoms with Crippen LogP contribution in [-0.4, -0.2) is 119 Å². The summed E-state index contributed by atoms with van der Waals surface area (Å²) in [5, 5.41) is 39.2. The molecule has 0 amide bonds. The standard InChI is InChI=1S/C32H35ClN2O3.C25H28ClNO4.C25H28ClNO3.C19H24BrNO3.C7H9N.C6H6BClO2.4CH4/c1-7-37-31(36)30(38-32(3,4)5)28-21(2)19-27-26(29(28)22-13-15-23(33)16-14-22)18-17-24(34-27)20-35(6)25-11-9-8-10-12-25;1-7-30-24(28)23(31-25(4,5)6)21-15(2)14-20-19(13-8-16(3)27(20)29)22(21)17-9-11-18(26)12-10-17;1-7-29-24(28)23(30-25(4,5)6)21-15(2)14-20-19(13-8-16(3)27-20)22(21)17-9-11-18(26)12-10-17;1-7-23-18(22)17(24-19(4,5)6)15-11(2)10-14-13(16(15)20)9-8-12(3)21-14;1-8-7-5-3-2-4-6-7;8-6-3-1-5(2-4-6)7(9)10;;;;/h8-19,30H,7,20H2,1-6H3;8-14,23H,7H2,1-6H3;8-14,23H,7H2,1-6H3;8-10,17H,7H2,1-6H3;2-6,8H,1H3;1-4,9-10H;4*1H4/t30-;2*23-;17-;;;;;;/m0000....../s1. The Kier molecular flexibility index (Phi) is 47.9. The van der Waals surface area contributed by atoms with E-state index in [2.05, 4.69) is 56.4 Å². The molecular weight excluding hydrogens is 1970 g/mol. The minimum Gasteiger partial charge on any atom is -0.618 e. The van der Waals surface area contributed by atoms with Crippen molar-refractivity contribution in [3.05, 3.63) is 328 Å². The normalized spacial score (nSPS) is 11.9. The summed E-state index contributed by atoms with van der Waals surface area (Å²) in [6.07, 6.45) is -3.49. The third kappa shape index (κ3) is 34.9. The number of hydrogen-bond donors (Lipinski definition) is 3. The molecule has 21 nitrogen and oxygen atoms in total. The van der Waals surface area contributed by atoms with E-state index in [1.54, 1.807) is 77.1 Å². The van der Waals surface area contributed by atoms with Crippen LogP contribution in [0.2, 0.25) is 20.1 Å². The number of aromatic nitrogens is 4. The lowest BCUT2D eigenvalue weighted by molar-refractivity contribution is -0.584. The molecule has 4 heterocycles. The molecule has 3 N–H and O–H groups in total. The summed E-state index contributed by atoms with van der Waals surface area (Å²) in [5.74, 6) is -1.65. The lowest BCUT2D eigenvalue weighted by Crippen LogP contribution is -2.32. The minimum absolute atomic E-state index is 0. The summed E-state index contributed by atoms with van der Waals surface area (Å²) < 4.78 is 48.1. The van der Waals surface area contributed by atoms with Gasteiger partial charge in [-0.1, -0.05) is 173 Å². The molecule has 0 fully saturated rings. The van der Waals surface area contributed by atoms with Crippen LogP contribution in [-0.2, 0) is 63.6 Å². The Morgan fingerprint density at radius 1 is 0.407 bits per heavy atom. The average molecular weight is 2120 g/mol. The van der Waals surface area contributed by atoms with Gasteiger partial charge in [-0.25, -0.2) is 19.2 Å². The van der Waals surface area contributed by atoms with Crippen molar-refractivity contribution in [2.75, 3.05) is 50.7 Å². The maximum atomic E-state index is 13.3. The zero-order chi connectivity index (χ0) is 104. The van der Waals surface area contributed by atoms with Crippen molar-refractivity contribution >= 4 is 154 Å². The quantitative estimate of drug-likeness (QED) is 0.0167. The molecule has 27 heteroatoms. The second kappa shape index (κ2) is 55.9. The van der Waals surface area contributed by atoms with Crippen molar-refractivity contribution < 1.29 is 71.9 Å². The van der Waals surface area contributed by atoms with E-state index in [1.165, 1.54) is 0 Å². The first-order valence-electron chi connectivity index (χ1n) is 46.8. The molecule has 776 valence electrons. The topological polar surface area (TPSA) is 263 Å². The fourth-order valence-corrected chi connectivity index (χ4v) is 17.1. The van der Waals surface area contributed by atoms with Gasteiger partial charge in [0.25, 0.3) is 0 Å². The maximum Gasteiger partial charge on any atom is 0.488 e. The number of carbonyl (C=O) groups excluding carboxylic acids is 4. The first-order chi connectivity index (χ1) is 66.5. The number of rotatable bonds is 24. The second-order valence-corrected chi connectivity index (χ2v) is 40.2. The van der Waals surface area contributed by atoms with E-state index in [0.717, 1.165) is 148 Å². The van der Waals surface area contributed by atoms with Gasteiger partial charge in [0.2, 0.25) is 5.52 Å². The molecule has 0 aliphatic rings. The maximum absolute atomic E-state index is 13.3. The lowest BCUT2D eigenvalue weighted by atomic mass is 9.81. The van der Waals surface area contributed by atoms with E-state index in [9.17, 15) is 24.4 Å². The SMILES string of the molecule is C.C.C.C.CCOC(=O)[C@@H](OC(C)(C)C)c1c(C)cc2c(ccc(C)[n+]2[O-])c1-c1ccc(Cl)cc1.CCOC(=O)[C@@H](OC(C)(C)C)c1c(C)cc2nc(C)ccc2c1-c1ccc(Cl)cc1.CCOC(=O)[C@@H](OC(C)(C)C)c1c(C)cc2nc(C)ccc2c1Br.CCOC(=O)[C@@H](OC(C)(C)C)c1c(C)cc2nc(CN(C)c3ccccc3)ccc2c1-c1ccc(Cl)cc1.CNc1ccccc1.OB(O)c1ccc(Cl)cc1. The summed E-state index contributed by atoms with van der Waals surface area (Å²) in [7, 11) is 2.56. The molecule has 0 saturated heterocycles. The molecule has 0 unspecified atom stereocenters. The second-order valence-electron chi connectivity index (χ2n) is 37.7. The average Bonchev–Trinajstić information content (AvgIpc) is 0.757. The van der Waals surface area contributed by atoms with E-state index in [1.807, 2.05) is 302 Å². The number of nitrogens with zero attached hydrogens (tertiary/aromatic N) is 5. The molecule has 0 saturated carbocycles. The Labute approximate surface area is 888 Å². The van der Waals surface area contributed by atoms with Crippen LogP contribution in [0, 0.1) is 53.7 Å². The molecule has 4 atom stereocenters. The monoisotopic (exact) mass is 2120 g/mol. The zero-order valence-corrected chi connectivity index (χ0v) is 89.8. The van der Waals surface area contributed by atoms with Gasteiger partial charge < -0.3 is 63.4 Å². The van der Waals surface area contributed by atoms with Crippen LogP contribution >= 0.6 is 62.3 Å². The number of anilines is 2. The summed E-state index contributed by atoms with van der Waals surface area (Å²) in [6, 6.07) is 72.9. The Hall–Kier alpha value is -11.4. The number of carbonyl (C=O) groups is 4. The van der Waals surface area contributed by atoms with Gasteiger partial charge in [-0.2, -0.15) is 4.73 Å². The molecule has 145 heavy (non-hydrogen) atoms. The van der Waals surface area contributed by atoms with Crippen molar-refractivity contribution in [1.29, 1.82) is 0 Å². The highest BCUT2D eigenvalue weighted by Gasteiger charge is 2.39. The first kappa shape index (κ1) is 124.